The lowest BCUT2D eigenvalue weighted by Crippen LogP contribution is -2.26. The molecule has 2 rings (SSSR count). The highest BCUT2D eigenvalue weighted by Crippen LogP contribution is 2.31. The third-order valence-electron chi connectivity index (χ3n) is 2.37. The lowest BCUT2D eigenvalue weighted by molar-refractivity contribution is -0.0164. The highest BCUT2D eigenvalue weighted by Gasteiger charge is 2.24. The van der Waals surface area contributed by atoms with E-state index in [1.807, 2.05) is 7.05 Å². The monoisotopic (exact) mass is 269 g/mol. The predicted molar refractivity (Wildman–Crippen MR) is 61.3 cm³/mol. The fourth-order valence-corrected chi connectivity index (χ4v) is 2.08. The molecule has 2 heterocycles. The van der Waals surface area contributed by atoms with Gasteiger partial charge in [-0.25, -0.2) is 0 Å². The Morgan fingerprint density at radius 3 is 2.93 bits per heavy atom. The minimum atomic E-state index is -0.139. The van der Waals surface area contributed by atoms with Crippen molar-refractivity contribution in [3.05, 3.63) is 29.9 Å². The summed E-state index contributed by atoms with van der Waals surface area (Å²) >= 11 is 3.50. The Morgan fingerprint density at radius 2 is 2.20 bits per heavy atom. The summed E-state index contributed by atoms with van der Waals surface area (Å²) in [6.45, 7) is 0.803. The predicted octanol–water partition coefficient (Wildman–Crippen LogP) is 1.80. The minimum Gasteiger partial charge on any atom is -0.360 e. The lowest BCUT2D eigenvalue weighted by atomic mass is 10.2. The molecule has 1 atom stereocenters. The zero-order chi connectivity index (χ0) is 10.8. The number of ether oxygens (including phenoxy) is 1. The van der Waals surface area contributed by atoms with Gasteiger partial charge in [0.1, 0.15) is 11.4 Å². The SMILES string of the molecule is COC1c2nccnc2C(Br)=CCN1C. The molecule has 0 N–H and O–H groups in total. The van der Waals surface area contributed by atoms with Crippen molar-refractivity contribution in [3.8, 4) is 0 Å². The second-order valence-electron chi connectivity index (χ2n) is 3.37. The van der Waals surface area contributed by atoms with Gasteiger partial charge in [-0.2, -0.15) is 0 Å². The van der Waals surface area contributed by atoms with Crippen molar-refractivity contribution >= 4 is 20.4 Å². The zero-order valence-electron chi connectivity index (χ0n) is 8.64. The Bertz CT molecular complexity index is 394. The van der Waals surface area contributed by atoms with Crippen LogP contribution in [0.15, 0.2) is 18.5 Å². The summed E-state index contributed by atoms with van der Waals surface area (Å²) < 4.78 is 6.40. The van der Waals surface area contributed by atoms with Crippen LogP contribution in [-0.2, 0) is 4.74 Å². The third kappa shape index (κ3) is 1.95. The minimum absolute atomic E-state index is 0.139. The van der Waals surface area contributed by atoms with Gasteiger partial charge in [-0.15, -0.1) is 0 Å². The maximum absolute atomic E-state index is 5.43. The van der Waals surface area contributed by atoms with Gasteiger partial charge in [0, 0.05) is 30.5 Å². The Hall–Kier alpha value is -0.780. The number of methoxy groups -OCH3 is 1. The van der Waals surface area contributed by atoms with Crippen LogP contribution in [0.3, 0.4) is 0 Å². The number of aromatic nitrogens is 2. The summed E-state index contributed by atoms with van der Waals surface area (Å²) in [4.78, 5) is 10.7. The molecule has 1 aromatic heterocycles. The fourth-order valence-electron chi connectivity index (χ4n) is 1.63. The Kier molecular flexibility index (Phi) is 3.14. The Labute approximate surface area is 97.1 Å². The first-order valence-corrected chi connectivity index (χ1v) is 5.43. The van der Waals surface area contributed by atoms with Crippen molar-refractivity contribution in [1.82, 2.24) is 14.9 Å². The van der Waals surface area contributed by atoms with Crippen LogP contribution in [-0.4, -0.2) is 35.6 Å². The molecule has 1 unspecified atom stereocenters. The van der Waals surface area contributed by atoms with Crippen LogP contribution < -0.4 is 0 Å². The van der Waals surface area contributed by atoms with E-state index in [0.29, 0.717) is 0 Å². The number of halogens is 1. The van der Waals surface area contributed by atoms with E-state index in [-0.39, 0.29) is 6.23 Å². The van der Waals surface area contributed by atoms with Crippen molar-refractivity contribution in [2.24, 2.45) is 0 Å². The number of likely N-dealkylation sites (N-methyl/N-ethyl adjacent to an activating group) is 1. The van der Waals surface area contributed by atoms with Gasteiger partial charge in [-0.05, 0) is 23.0 Å². The number of nitrogens with zero attached hydrogens (tertiary/aromatic N) is 3. The largest absolute Gasteiger partial charge is 0.360 e. The standard InChI is InChI=1S/C10H12BrN3O/c1-14-6-3-7(11)8-9(10(14)15-2)13-5-4-12-8/h3-5,10H,6H2,1-2H3. The molecule has 1 aromatic rings. The number of hydrogen-bond donors (Lipinski definition) is 0. The van der Waals surface area contributed by atoms with Gasteiger partial charge in [-0.1, -0.05) is 6.08 Å². The van der Waals surface area contributed by atoms with Crippen LogP contribution in [0, 0.1) is 0 Å². The highest BCUT2D eigenvalue weighted by molar-refractivity contribution is 9.15. The van der Waals surface area contributed by atoms with Gasteiger partial charge in [0.15, 0.2) is 6.23 Å². The van der Waals surface area contributed by atoms with Gasteiger partial charge in [0.2, 0.25) is 0 Å². The van der Waals surface area contributed by atoms with E-state index in [2.05, 4.69) is 36.9 Å². The molecule has 0 saturated heterocycles. The first-order valence-electron chi connectivity index (χ1n) is 4.64. The third-order valence-corrected chi connectivity index (χ3v) is 3.07. The fraction of sp³-hybridized carbons (Fsp3) is 0.400. The summed E-state index contributed by atoms with van der Waals surface area (Å²) in [5, 5.41) is 0. The van der Waals surface area contributed by atoms with Crippen LogP contribution in [0.1, 0.15) is 17.6 Å². The van der Waals surface area contributed by atoms with E-state index in [1.54, 1.807) is 19.5 Å². The summed E-state index contributed by atoms with van der Waals surface area (Å²) in [7, 11) is 3.67. The first kappa shape index (κ1) is 10.7. The molecule has 0 fully saturated rings. The van der Waals surface area contributed by atoms with Gasteiger partial charge >= 0.3 is 0 Å². The smallest absolute Gasteiger partial charge is 0.155 e. The first-order chi connectivity index (χ1) is 7.24. The van der Waals surface area contributed by atoms with Crippen LogP contribution in [0.25, 0.3) is 4.48 Å². The van der Waals surface area contributed by atoms with Gasteiger partial charge in [-0.3, -0.25) is 14.9 Å². The number of fused-ring (bicyclic) bond motifs is 1. The molecule has 0 radical (unpaired) electrons. The van der Waals surface area contributed by atoms with E-state index < -0.39 is 0 Å². The maximum Gasteiger partial charge on any atom is 0.155 e. The van der Waals surface area contributed by atoms with Crippen molar-refractivity contribution in [2.75, 3.05) is 20.7 Å². The van der Waals surface area contributed by atoms with Gasteiger partial charge in [0.25, 0.3) is 0 Å². The Morgan fingerprint density at radius 1 is 1.47 bits per heavy atom. The number of rotatable bonds is 1. The molecule has 1 aliphatic heterocycles. The second kappa shape index (κ2) is 4.38. The van der Waals surface area contributed by atoms with Gasteiger partial charge < -0.3 is 4.74 Å². The molecule has 1 aliphatic rings. The van der Waals surface area contributed by atoms with Crippen molar-refractivity contribution in [2.45, 2.75) is 6.23 Å². The average molecular weight is 270 g/mol. The molecular formula is C10H12BrN3O. The van der Waals surface area contributed by atoms with Gasteiger partial charge in [0.05, 0.1) is 0 Å². The molecule has 0 saturated carbocycles. The molecule has 0 aliphatic carbocycles. The molecule has 0 spiro atoms. The maximum atomic E-state index is 5.43. The van der Waals surface area contributed by atoms with Crippen LogP contribution in [0.4, 0.5) is 0 Å². The van der Waals surface area contributed by atoms with Crippen molar-refractivity contribution in [1.29, 1.82) is 0 Å². The number of hydrogen-bond acceptors (Lipinski definition) is 4. The summed E-state index contributed by atoms with van der Waals surface area (Å²) in [5.74, 6) is 0. The van der Waals surface area contributed by atoms with Crippen molar-refractivity contribution < 1.29 is 4.74 Å². The topological polar surface area (TPSA) is 38.3 Å². The molecule has 5 heteroatoms. The molecule has 0 bridgehead atoms. The summed E-state index contributed by atoms with van der Waals surface area (Å²) in [5.41, 5.74) is 1.71. The van der Waals surface area contributed by atoms with E-state index in [4.69, 9.17) is 4.74 Å². The van der Waals surface area contributed by atoms with E-state index in [1.165, 1.54) is 0 Å². The van der Waals surface area contributed by atoms with Crippen molar-refractivity contribution in [3.63, 3.8) is 0 Å². The lowest BCUT2D eigenvalue weighted by Gasteiger charge is -2.23. The highest BCUT2D eigenvalue weighted by atomic mass is 79.9. The summed E-state index contributed by atoms with van der Waals surface area (Å²) in [6, 6.07) is 0. The Balaban J connectivity index is 2.53. The van der Waals surface area contributed by atoms with Crippen LogP contribution in [0.5, 0.6) is 0 Å². The van der Waals surface area contributed by atoms with Crippen LogP contribution in [0.2, 0.25) is 0 Å². The molecule has 0 aromatic carbocycles. The zero-order valence-corrected chi connectivity index (χ0v) is 10.2. The van der Waals surface area contributed by atoms with Crippen LogP contribution >= 0.6 is 15.9 Å². The summed E-state index contributed by atoms with van der Waals surface area (Å²) in [6.07, 6.45) is 5.29. The quantitative estimate of drug-likeness (QED) is 0.780. The van der Waals surface area contributed by atoms with E-state index in [9.17, 15) is 0 Å². The molecule has 15 heavy (non-hydrogen) atoms. The van der Waals surface area contributed by atoms with E-state index in [0.717, 1.165) is 22.4 Å². The molecule has 0 amide bonds. The molecular weight excluding hydrogens is 258 g/mol. The molecule has 80 valence electrons. The second-order valence-corrected chi connectivity index (χ2v) is 4.22. The average Bonchev–Trinajstić information content (AvgIpc) is 2.38. The molecule has 4 nitrogen and oxygen atoms in total. The van der Waals surface area contributed by atoms with E-state index >= 15 is 0 Å². The normalized spacial score (nSPS) is 21.8.